The van der Waals surface area contributed by atoms with E-state index in [2.05, 4.69) is 30.4 Å². The van der Waals surface area contributed by atoms with Crippen LogP contribution in [-0.4, -0.2) is 37.1 Å². The van der Waals surface area contributed by atoms with Crippen LogP contribution in [0.5, 0.6) is 0 Å². The zero-order valence-corrected chi connectivity index (χ0v) is 10.9. The van der Waals surface area contributed by atoms with E-state index in [4.69, 9.17) is 18.0 Å². The number of nitrogens with two attached hydrogens (primary N) is 1. The largest absolute Gasteiger partial charge is 0.389 e. The van der Waals surface area contributed by atoms with E-state index in [1.165, 1.54) is 0 Å². The highest BCUT2D eigenvalue weighted by molar-refractivity contribution is 7.80. The Labute approximate surface area is 103 Å². The van der Waals surface area contributed by atoms with E-state index in [0.717, 1.165) is 29.9 Å². The second kappa shape index (κ2) is 5.82. The van der Waals surface area contributed by atoms with Crippen molar-refractivity contribution in [1.82, 2.24) is 4.90 Å². The van der Waals surface area contributed by atoms with Crippen LogP contribution in [0.25, 0.3) is 0 Å². The van der Waals surface area contributed by atoms with E-state index in [1.54, 1.807) is 0 Å². The molecule has 0 aromatic heterocycles. The van der Waals surface area contributed by atoms with Crippen molar-refractivity contribution in [2.45, 2.75) is 6.92 Å². The lowest BCUT2D eigenvalue weighted by molar-refractivity contribution is 0.425. The first kappa shape index (κ1) is 12.9. The molecule has 0 atom stereocenters. The zero-order valence-electron chi connectivity index (χ0n) is 10.1. The lowest BCUT2D eigenvalue weighted by atomic mass is 10.1. The molecule has 3 N–H and O–H groups in total. The summed E-state index contributed by atoms with van der Waals surface area (Å²) < 4.78 is 0. The minimum atomic E-state index is 0.456. The molecule has 0 fully saturated rings. The molecule has 0 saturated carbocycles. The van der Waals surface area contributed by atoms with E-state index >= 15 is 0 Å². The number of anilines is 1. The highest BCUT2D eigenvalue weighted by atomic mass is 32.1. The van der Waals surface area contributed by atoms with Crippen molar-refractivity contribution in [2.24, 2.45) is 5.73 Å². The smallest absolute Gasteiger partial charge is 0.104 e. The summed E-state index contributed by atoms with van der Waals surface area (Å²) in [5, 5.41) is 3.36. The van der Waals surface area contributed by atoms with Crippen molar-refractivity contribution >= 4 is 22.9 Å². The minimum absolute atomic E-state index is 0.456. The molecule has 0 aliphatic heterocycles. The molecule has 0 aliphatic rings. The number of rotatable bonds is 5. The van der Waals surface area contributed by atoms with Crippen molar-refractivity contribution in [3.8, 4) is 0 Å². The maximum Gasteiger partial charge on any atom is 0.104 e. The average molecular weight is 237 g/mol. The lowest BCUT2D eigenvalue weighted by Gasteiger charge is -2.12. The van der Waals surface area contributed by atoms with Crippen LogP contribution in [-0.2, 0) is 0 Å². The van der Waals surface area contributed by atoms with Gasteiger partial charge in [-0.3, -0.25) is 0 Å². The van der Waals surface area contributed by atoms with Gasteiger partial charge in [0.15, 0.2) is 0 Å². The number of hydrogen-bond acceptors (Lipinski definition) is 3. The molecule has 1 aromatic rings. The Balaban J connectivity index is 2.63. The third-order valence-corrected chi connectivity index (χ3v) is 2.60. The Morgan fingerprint density at radius 1 is 1.44 bits per heavy atom. The Morgan fingerprint density at radius 3 is 2.62 bits per heavy atom. The third-order valence-electron chi connectivity index (χ3n) is 2.38. The van der Waals surface area contributed by atoms with Gasteiger partial charge in [-0.05, 0) is 44.8 Å². The van der Waals surface area contributed by atoms with Gasteiger partial charge in [-0.2, -0.15) is 0 Å². The molecule has 0 radical (unpaired) electrons. The SMILES string of the molecule is Cc1cc(NCCN(C)C)ccc1C(N)=S. The number of nitrogens with one attached hydrogen (secondary N) is 1. The highest BCUT2D eigenvalue weighted by Gasteiger charge is 2.02. The fourth-order valence-electron chi connectivity index (χ4n) is 1.47. The second-order valence-electron chi connectivity index (χ2n) is 4.12. The number of likely N-dealkylation sites (N-methyl/N-ethyl adjacent to an activating group) is 1. The number of nitrogens with zero attached hydrogens (tertiary/aromatic N) is 1. The quantitative estimate of drug-likeness (QED) is 0.763. The van der Waals surface area contributed by atoms with Gasteiger partial charge in [-0.15, -0.1) is 0 Å². The van der Waals surface area contributed by atoms with Crippen molar-refractivity contribution in [1.29, 1.82) is 0 Å². The van der Waals surface area contributed by atoms with Crippen molar-refractivity contribution in [3.63, 3.8) is 0 Å². The van der Waals surface area contributed by atoms with Crippen LogP contribution in [0, 0.1) is 6.92 Å². The van der Waals surface area contributed by atoms with Crippen molar-refractivity contribution in [3.05, 3.63) is 29.3 Å². The molecule has 1 rings (SSSR count). The number of hydrogen-bond donors (Lipinski definition) is 2. The highest BCUT2D eigenvalue weighted by Crippen LogP contribution is 2.14. The van der Waals surface area contributed by atoms with Gasteiger partial charge in [0.05, 0.1) is 0 Å². The van der Waals surface area contributed by atoms with Gasteiger partial charge >= 0.3 is 0 Å². The Morgan fingerprint density at radius 2 is 2.12 bits per heavy atom. The average Bonchev–Trinajstić information content (AvgIpc) is 2.16. The van der Waals surface area contributed by atoms with Crippen LogP contribution < -0.4 is 11.1 Å². The fraction of sp³-hybridized carbons (Fsp3) is 0.417. The van der Waals surface area contributed by atoms with Gasteiger partial charge in [-0.1, -0.05) is 12.2 Å². The molecule has 0 aliphatic carbocycles. The van der Waals surface area contributed by atoms with Crippen LogP contribution >= 0.6 is 12.2 Å². The number of thiocarbonyl (C=S) groups is 1. The summed E-state index contributed by atoms with van der Waals surface area (Å²) in [6.07, 6.45) is 0. The normalized spacial score (nSPS) is 10.5. The van der Waals surface area contributed by atoms with Gasteiger partial charge in [0.25, 0.3) is 0 Å². The monoisotopic (exact) mass is 237 g/mol. The molecule has 3 nitrogen and oxygen atoms in total. The van der Waals surface area contributed by atoms with Crippen LogP contribution in [0.1, 0.15) is 11.1 Å². The topological polar surface area (TPSA) is 41.3 Å². The summed E-state index contributed by atoms with van der Waals surface area (Å²) in [4.78, 5) is 2.60. The van der Waals surface area contributed by atoms with E-state index in [0.29, 0.717) is 4.99 Å². The van der Waals surface area contributed by atoms with E-state index in [9.17, 15) is 0 Å². The van der Waals surface area contributed by atoms with Crippen LogP contribution in [0.15, 0.2) is 18.2 Å². The molecule has 0 bridgehead atoms. The second-order valence-corrected chi connectivity index (χ2v) is 4.56. The molecular formula is C12H19N3S. The maximum absolute atomic E-state index is 5.61. The predicted molar refractivity (Wildman–Crippen MR) is 74.1 cm³/mol. The summed E-state index contributed by atoms with van der Waals surface area (Å²) >= 11 is 4.97. The van der Waals surface area contributed by atoms with E-state index < -0.39 is 0 Å². The summed E-state index contributed by atoms with van der Waals surface area (Å²) in [6.45, 7) is 3.96. The Kier molecular flexibility index (Phi) is 4.71. The molecular weight excluding hydrogens is 218 g/mol. The van der Waals surface area contributed by atoms with Crippen molar-refractivity contribution < 1.29 is 0 Å². The van der Waals surface area contributed by atoms with Crippen LogP contribution in [0.4, 0.5) is 5.69 Å². The first-order valence-electron chi connectivity index (χ1n) is 5.30. The predicted octanol–water partition coefficient (Wildman–Crippen LogP) is 1.60. The van der Waals surface area contributed by atoms with Gasteiger partial charge in [-0.25, -0.2) is 0 Å². The van der Waals surface area contributed by atoms with Crippen LogP contribution in [0.2, 0.25) is 0 Å². The Bertz CT molecular complexity index is 375. The Hall–Kier alpha value is -1.13. The van der Waals surface area contributed by atoms with Gasteiger partial charge in [0.2, 0.25) is 0 Å². The first-order chi connectivity index (χ1) is 7.50. The number of benzene rings is 1. The fourth-order valence-corrected chi connectivity index (χ4v) is 1.70. The standard InChI is InChI=1S/C12H19N3S/c1-9-8-10(14-6-7-15(2)3)4-5-11(9)12(13)16/h4-5,8,14H,6-7H2,1-3H3,(H2,13,16). The molecule has 1 aromatic carbocycles. The van der Waals surface area contributed by atoms with Crippen molar-refractivity contribution in [2.75, 3.05) is 32.5 Å². The van der Waals surface area contributed by atoms with E-state index in [-0.39, 0.29) is 0 Å². The maximum atomic E-state index is 5.61. The molecule has 16 heavy (non-hydrogen) atoms. The summed E-state index contributed by atoms with van der Waals surface area (Å²) in [6, 6.07) is 6.05. The molecule has 0 heterocycles. The summed E-state index contributed by atoms with van der Waals surface area (Å²) in [7, 11) is 4.12. The molecule has 0 unspecified atom stereocenters. The number of aryl methyl sites for hydroxylation is 1. The molecule has 0 amide bonds. The van der Waals surface area contributed by atoms with Gasteiger partial charge in [0.1, 0.15) is 4.99 Å². The summed E-state index contributed by atoms with van der Waals surface area (Å²) in [5.41, 5.74) is 8.78. The van der Waals surface area contributed by atoms with E-state index in [1.807, 2.05) is 19.1 Å². The third kappa shape index (κ3) is 3.79. The zero-order chi connectivity index (χ0) is 12.1. The molecule has 88 valence electrons. The lowest BCUT2D eigenvalue weighted by Crippen LogP contribution is -2.20. The molecule has 0 saturated heterocycles. The minimum Gasteiger partial charge on any atom is -0.389 e. The summed E-state index contributed by atoms with van der Waals surface area (Å²) in [5.74, 6) is 0. The van der Waals surface area contributed by atoms with Crippen LogP contribution in [0.3, 0.4) is 0 Å². The first-order valence-corrected chi connectivity index (χ1v) is 5.70. The molecule has 4 heteroatoms. The van der Waals surface area contributed by atoms with Gasteiger partial charge in [0, 0.05) is 24.3 Å². The molecule has 0 spiro atoms. The van der Waals surface area contributed by atoms with Gasteiger partial charge < -0.3 is 16.0 Å².